The summed E-state index contributed by atoms with van der Waals surface area (Å²) >= 11 is 0. The predicted octanol–water partition coefficient (Wildman–Crippen LogP) is 2.88. The van der Waals surface area contributed by atoms with Crippen molar-refractivity contribution in [1.82, 2.24) is 9.80 Å². The first-order chi connectivity index (χ1) is 12.2. The van der Waals surface area contributed by atoms with Gasteiger partial charge in [-0.1, -0.05) is 31.5 Å². The minimum atomic E-state index is 0.161. The zero-order valence-electron chi connectivity index (χ0n) is 15.5. The molecular weight excluding hydrogens is 316 g/mol. The smallest absolute Gasteiger partial charge is 0.222 e. The van der Waals surface area contributed by atoms with Crippen LogP contribution in [0.1, 0.15) is 44.6 Å². The highest BCUT2D eigenvalue weighted by Crippen LogP contribution is 2.19. The van der Waals surface area contributed by atoms with E-state index in [-0.39, 0.29) is 11.8 Å². The molecule has 0 saturated carbocycles. The summed E-state index contributed by atoms with van der Waals surface area (Å²) < 4.78 is 5.35. The Labute approximate surface area is 150 Å². The van der Waals surface area contributed by atoms with Gasteiger partial charge in [-0.2, -0.15) is 0 Å². The van der Waals surface area contributed by atoms with Crippen LogP contribution in [0.3, 0.4) is 0 Å². The largest absolute Gasteiger partial charge is 0.496 e. The van der Waals surface area contributed by atoms with E-state index in [1.807, 2.05) is 34.1 Å². The third-order valence-corrected chi connectivity index (χ3v) is 4.75. The highest BCUT2D eigenvalue weighted by atomic mass is 16.5. The third kappa shape index (κ3) is 5.76. The molecule has 0 aromatic heterocycles. The van der Waals surface area contributed by atoms with Crippen molar-refractivity contribution in [3.05, 3.63) is 29.8 Å². The third-order valence-electron chi connectivity index (χ3n) is 4.75. The molecule has 138 valence electrons. The molecule has 25 heavy (non-hydrogen) atoms. The zero-order valence-corrected chi connectivity index (χ0v) is 15.5. The number of unbranched alkanes of at least 4 members (excludes halogenated alkanes) is 1. The number of rotatable bonds is 7. The van der Waals surface area contributed by atoms with Crippen molar-refractivity contribution in [3.8, 4) is 5.75 Å². The van der Waals surface area contributed by atoms with Crippen LogP contribution in [0.25, 0.3) is 0 Å². The molecule has 1 saturated heterocycles. The van der Waals surface area contributed by atoms with Crippen LogP contribution in [0, 0.1) is 0 Å². The number of methoxy groups -OCH3 is 1. The number of amides is 2. The fourth-order valence-electron chi connectivity index (χ4n) is 3.21. The Hall–Kier alpha value is -2.04. The van der Waals surface area contributed by atoms with E-state index in [4.69, 9.17) is 4.74 Å². The second kappa shape index (κ2) is 10.1. The number of hydrogen-bond donors (Lipinski definition) is 0. The first-order valence-electron chi connectivity index (χ1n) is 9.33. The van der Waals surface area contributed by atoms with Gasteiger partial charge in [0.2, 0.25) is 11.8 Å². The number of hydrogen-bond acceptors (Lipinski definition) is 3. The number of para-hydroxylation sites is 1. The van der Waals surface area contributed by atoms with Crippen molar-refractivity contribution >= 4 is 11.8 Å². The Balaban J connectivity index is 1.83. The number of carbonyl (C=O) groups excluding carboxylic acids is 2. The van der Waals surface area contributed by atoms with Crippen LogP contribution in [-0.2, 0) is 16.0 Å². The van der Waals surface area contributed by atoms with E-state index in [0.717, 1.165) is 43.7 Å². The maximum absolute atomic E-state index is 12.6. The van der Waals surface area contributed by atoms with Crippen LogP contribution in [0.2, 0.25) is 0 Å². The number of nitrogens with zero attached hydrogens (tertiary/aromatic N) is 2. The number of ether oxygens (including phenoxy) is 1. The molecule has 1 aliphatic heterocycles. The van der Waals surface area contributed by atoms with E-state index in [0.29, 0.717) is 32.4 Å². The van der Waals surface area contributed by atoms with Gasteiger partial charge < -0.3 is 14.5 Å². The highest BCUT2D eigenvalue weighted by molar-refractivity contribution is 5.78. The summed E-state index contributed by atoms with van der Waals surface area (Å²) in [6.45, 7) is 4.89. The van der Waals surface area contributed by atoms with E-state index in [1.165, 1.54) is 0 Å². The molecule has 5 heteroatoms. The van der Waals surface area contributed by atoms with Gasteiger partial charge in [0.1, 0.15) is 5.75 Å². The molecule has 1 aromatic rings. The van der Waals surface area contributed by atoms with Gasteiger partial charge in [0.25, 0.3) is 0 Å². The summed E-state index contributed by atoms with van der Waals surface area (Å²) in [5.74, 6) is 1.22. The van der Waals surface area contributed by atoms with Crippen molar-refractivity contribution < 1.29 is 14.3 Å². The molecule has 2 amide bonds. The molecule has 0 atom stereocenters. The number of aryl methyl sites for hydroxylation is 1. The zero-order chi connectivity index (χ0) is 18.1. The summed E-state index contributed by atoms with van der Waals surface area (Å²) in [6, 6.07) is 7.82. The molecule has 0 unspecified atom stereocenters. The van der Waals surface area contributed by atoms with Gasteiger partial charge in [0.15, 0.2) is 0 Å². The minimum absolute atomic E-state index is 0.161. The van der Waals surface area contributed by atoms with Crippen LogP contribution in [0.5, 0.6) is 5.75 Å². The topological polar surface area (TPSA) is 49.9 Å². The number of benzene rings is 1. The van der Waals surface area contributed by atoms with E-state index in [2.05, 4.69) is 6.92 Å². The average molecular weight is 346 g/mol. The van der Waals surface area contributed by atoms with E-state index in [9.17, 15) is 9.59 Å². The van der Waals surface area contributed by atoms with Gasteiger partial charge in [-0.3, -0.25) is 9.59 Å². The summed E-state index contributed by atoms with van der Waals surface area (Å²) in [6.07, 6.45) is 4.61. The van der Waals surface area contributed by atoms with Gasteiger partial charge in [-0.25, -0.2) is 0 Å². The molecule has 0 spiro atoms. The van der Waals surface area contributed by atoms with Crippen molar-refractivity contribution in [2.45, 2.75) is 45.4 Å². The van der Waals surface area contributed by atoms with Gasteiger partial charge in [-0.15, -0.1) is 0 Å². The van der Waals surface area contributed by atoms with Crippen LogP contribution >= 0.6 is 0 Å². The summed E-state index contributed by atoms with van der Waals surface area (Å²) in [4.78, 5) is 28.6. The second-order valence-electron chi connectivity index (χ2n) is 6.53. The van der Waals surface area contributed by atoms with Crippen molar-refractivity contribution in [1.29, 1.82) is 0 Å². The Morgan fingerprint density at radius 3 is 2.28 bits per heavy atom. The maximum Gasteiger partial charge on any atom is 0.222 e. The molecule has 0 bridgehead atoms. The maximum atomic E-state index is 12.6. The van der Waals surface area contributed by atoms with Crippen LogP contribution < -0.4 is 4.74 Å². The van der Waals surface area contributed by atoms with Crippen LogP contribution in [0.4, 0.5) is 0 Å². The van der Waals surface area contributed by atoms with Crippen molar-refractivity contribution in [3.63, 3.8) is 0 Å². The van der Waals surface area contributed by atoms with Gasteiger partial charge in [-0.05, 0) is 30.9 Å². The Morgan fingerprint density at radius 1 is 1.00 bits per heavy atom. The van der Waals surface area contributed by atoms with Crippen LogP contribution in [-0.4, -0.2) is 54.9 Å². The fourth-order valence-corrected chi connectivity index (χ4v) is 3.21. The monoisotopic (exact) mass is 346 g/mol. The molecule has 1 fully saturated rings. The molecule has 5 nitrogen and oxygen atoms in total. The normalized spacial score (nSPS) is 15.0. The molecule has 1 aromatic carbocycles. The molecule has 1 heterocycles. The first-order valence-corrected chi connectivity index (χ1v) is 9.33. The lowest BCUT2D eigenvalue weighted by molar-refractivity contribution is -0.133. The standard InChI is InChI=1S/C20H30N2O3/c1-3-4-10-19(23)21-13-7-14-22(16-15-21)20(24)12-11-17-8-5-6-9-18(17)25-2/h5-6,8-9H,3-4,7,10-16H2,1-2H3. The summed E-state index contributed by atoms with van der Waals surface area (Å²) in [5.41, 5.74) is 1.06. The highest BCUT2D eigenvalue weighted by Gasteiger charge is 2.21. The van der Waals surface area contributed by atoms with E-state index in [1.54, 1.807) is 7.11 Å². The average Bonchev–Trinajstić information content (AvgIpc) is 2.90. The van der Waals surface area contributed by atoms with Crippen LogP contribution in [0.15, 0.2) is 24.3 Å². The number of carbonyl (C=O) groups is 2. The van der Waals surface area contributed by atoms with Gasteiger partial charge >= 0.3 is 0 Å². The Morgan fingerprint density at radius 2 is 1.64 bits per heavy atom. The van der Waals surface area contributed by atoms with Crippen molar-refractivity contribution in [2.24, 2.45) is 0 Å². The quantitative estimate of drug-likeness (QED) is 0.763. The lowest BCUT2D eigenvalue weighted by atomic mass is 10.1. The van der Waals surface area contributed by atoms with E-state index < -0.39 is 0 Å². The lowest BCUT2D eigenvalue weighted by Crippen LogP contribution is -2.37. The molecule has 0 radical (unpaired) electrons. The van der Waals surface area contributed by atoms with Crippen molar-refractivity contribution in [2.75, 3.05) is 33.3 Å². The Kier molecular flexibility index (Phi) is 7.76. The summed E-state index contributed by atoms with van der Waals surface area (Å²) in [5, 5.41) is 0. The Bertz CT molecular complexity index is 574. The second-order valence-corrected chi connectivity index (χ2v) is 6.53. The molecule has 0 aliphatic carbocycles. The SMILES string of the molecule is CCCCC(=O)N1CCCN(C(=O)CCc2ccccc2OC)CC1. The lowest BCUT2D eigenvalue weighted by Gasteiger charge is -2.22. The first kappa shape index (κ1) is 19.3. The molecular formula is C20H30N2O3. The fraction of sp³-hybridized carbons (Fsp3) is 0.600. The molecule has 2 rings (SSSR count). The van der Waals surface area contributed by atoms with Gasteiger partial charge in [0, 0.05) is 39.0 Å². The summed E-state index contributed by atoms with van der Waals surface area (Å²) in [7, 11) is 1.65. The van der Waals surface area contributed by atoms with E-state index >= 15 is 0 Å². The van der Waals surface area contributed by atoms with Gasteiger partial charge in [0.05, 0.1) is 7.11 Å². The minimum Gasteiger partial charge on any atom is -0.496 e. The molecule has 1 aliphatic rings. The molecule has 0 N–H and O–H groups in total. The predicted molar refractivity (Wildman–Crippen MR) is 98.6 cm³/mol.